The Labute approximate surface area is 224 Å². The molecular formula is C22H16ClF6N5O4S. The average molecular weight is 596 g/mol. The van der Waals surface area contributed by atoms with Crippen LogP contribution in [0, 0.1) is 28.8 Å². The molecule has 4 rings (SSSR count). The predicted molar refractivity (Wildman–Crippen MR) is 122 cm³/mol. The number of aliphatic hydroxyl groups is 2. The number of hydrogen-bond acceptors (Lipinski definition) is 9. The number of benzene rings is 1. The van der Waals surface area contributed by atoms with Gasteiger partial charge in [0.15, 0.2) is 23.1 Å². The molecule has 3 aromatic rings. The molecule has 5 atom stereocenters. The molecular weight excluding hydrogens is 580 g/mol. The largest absolute Gasteiger partial charge is 0.411 e. The van der Waals surface area contributed by atoms with Crippen LogP contribution in [-0.4, -0.2) is 73.3 Å². The predicted octanol–water partition coefficient (Wildman–Crippen LogP) is 3.64. The monoisotopic (exact) mass is 595 g/mol. The van der Waals surface area contributed by atoms with Gasteiger partial charge in [0.25, 0.3) is 0 Å². The van der Waals surface area contributed by atoms with Gasteiger partial charge in [-0.15, -0.1) is 5.10 Å². The number of alkyl halides is 3. The molecule has 0 amide bonds. The van der Waals surface area contributed by atoms with Gasteiger partial charge < -0.3 is 19.7 Å². The van der Waals surface area contributed by atoms with Gasteiger partial charge >= 0.3 is 6.18 Å². The Morgan fingerprint density at radius 2 is 1.90 bits per heavy atom. The van der Waals surface area contributed by atoms with Gasteiger partial charge in [0, 0.05) is 16.7 Å². The standard InChI is InChI=1S/C22H16ClF6N5O4S/c23-10-3-16(13(4-30)31-5-10)39-21-20(37-8-22(27,28)29)18(19(36)15(7-35)38-21)34-6-14(32-33-34)9-1-11(24)17(26)12(25)2-9/h1-3,5-6,15,18-21,35-36H,7-8H2/t15?,18?,19-,20?,21+/m0/s1. The minimum atomic E-state index is -4.80. The number of rotatable bonds is 7. The van der Waals surface area contributed by atoms with Gasteiger partial charge in [-0.1, -0.05) is 28.6 Å². The van der Waals surface area contributed by atoms with Crippen molar-refractivity contribution in [3.63, 3.8) is 0 Å². The van der Waals surface area contributed by atoms with Gasteiger partial charge in [0.05, 0.1) is 17.8 Å². The maximum Gasteiger partial charge on any atom is 0.411 e. The summed E-state index contributed by atoms with van der Waals surface area (Å²) in [7, 11) is 0. The van der Waals surface area contributed by atoms with Crippen LogP contribution in [0.1, 0.15) is 11.7 Å². The van der Waals surface area contributed by atoms with Gasteiger partial charge in [-0.3, -0.25) is 0 Å². The molecule has 0 aliphatic carbocycles. The number of pyridine rings is 1. The second-order valence-electron chi connectivity index (χ2n) is 8.17. The van der Waals surface area contributed by atoms with E-state index in [9.17, 15) is 41.8 Å². The maximum atomic E-state index is 13.7. The van der Waals surface area contributed by atoms with Crippen molar-refractivity contribution < 1.29 is 46.0 Å². The SMILES string of the molecule is N#Cc1ncc(Cl)cc1S[C@H]1OC(CO)[C@H](O)C(n2cc(-c3cc(F)c(F)c(F)c3)nn2)C1OCC(F)(F)F. The van der Waals surface area contributed by atoms with Crippen molar-refractivity contribution in [1.82, 2.24) is 20.0 Å². The van der Waals surface area contributed by atoms with Gasteiger partial charge in [0.1, 0.15) is 48.2 Å². The highest BCUT2D eigenvalue weighted by molar-refractivity contribution is 7.99. The van der Waals surface area contributed by atoms with Crippen LogP contribution in [0.15, 0.2) is 35.5 Å². The first-order valence-corrected chi connectivity index (χ1v) is 12.1. The first-order valence-electron chi connectivity index (χ1n) is 10.8. The lowest BCUT2D eigenvalue weighted by Gasteiger charge is -2.43. The molecule has 1 aliphatic rings. The number of aromatic nitrogens is 4. The summed E-state index contributed by atoms with van der Waals surface area (Å²) in [4.78, 5) is 3.97. The van der Waals surface area contributed by atoms with Crippen LogP contribution >= 0.6 is 23.4 Å². The van der Waals surface area contributed by atoms with Crippen LogP contribution in [0.4, 0.5) is 26.3 Å². The Balaban J connectivity index is 1.76. The molecule has 0 saturated carbocycles. The van der Waals surface area contributed by atoms with Crippen LogP contribution in [0.5, 0.6) is 0 Å². The molecule has 2 aromatic heterocycles. The second-order valence-corrected chi connectivity index (χ2v) is 9.74. The number of hydrogen-bond donors (Lipinski definition) is 2. The van der Waals surface area contributed by atoms with E-state index < -0.39 is 66.6 Å². The van der Waals surface area contributed by atoms with Crippen molar-refractivity contribution in [1.29, 1.82) is 5.26 Å². The summed E-state index contributed by atoms with van der Waals surface area (Å²) in [5.41, 5.74) is -1.98. The smallest absolute Gasteiger partial charge is 0.394 e. The normalized spacial score (nSPS) is 23.5. The Morgan fingerprint density at radius 1 is 1.21 bits per heavy atom. The van der Waals surface area contributed by atoms with E-state index in [1.807, 2.05) is 6.07 Å². The van der Waals surface area contributed by atoms with Crippen LogP contribution < -0.4 is 0 Å². The van der Waals surface area contributed by atoms with Crippen molar-refractivity contribution in [3.05, 3.63) is 58.8 Å². The number of nitrogens with zero attached hydrogens (tertiary/aromatic N) is 5. The molecule has 0 spiro atoms. The molecule has 3 unspecified atom stereocenters. The van der Waals surface area contributed by atoms with Crippen molar-refractivity contribution in [2.45, 2.75) is 40.9 Å². The number of nitriles is 1. The summed E-state index contributed by atoms with van der Waals surface area (Å²) in [5.74, 6) is -4.75. The topological polar surface area (TPSA) is 126 Å². The molecule has 17 heteroatoms. The summed E-state index contributed by atoms with van der Waals surface area (Å²) in [6, 6.07) is 2.91. The Kier molecular flexibility index (Phi) is 8.69. The average Bonchev–Trinajstić information content (AvgIpc) is 3.36. The van der Waals surface area contributed by atoms with Crippen molar-refractivity contribution in [2.75, 3.05) is 13.2 Å². The fraction of sp³-hybridized carbons (Fsp3) is 0.364. The molecule has 0 radical (unpaired) electrons. The highest BCUT2D eigenvalue weighted by atomic mass is 35.5. The summed E-state index contributed by atoms with van der Waals surface area (Å²) in [6.45, 7) is -2.56. The number of thioether (sulfide) groups is 1. The number of ether oxygens (including phenoxy) is 2. The van der Waals surface area contributed by atoms with Gasteiger partial charge in [-0.05, 0) is 18.2 Å². The van der Waals surface area contributed by atoms with Crippen LogP contribution in [0.25, 0.3) is 11.3 Å². The van der Waals surface area contributed by atoms with E-state index in [4.69, 9.17) is 21.1 Å². The van der Waals surface area contributed by atoms with E-state index in [2.05, 4.69) is 15.3 Å². The highest BCUT2D eigenvalue weighted by Gasteiger charge is 2.49. The zero-order chi connectivity index (χ0) is 28.5. The third-order valence-corrected chi connectivity index (χ3v) is 6.91. The summed E-state index contributed by atoms with van der Waals surface area (Å²) in [5, 5.41) is 37.7. The molecule has 1 fully saturated rings. The number of aliphatic hydroxyl groups excluding tert-OH is 2. The van der Waals surface area contributed by atoms with Crippen LogP contribution in [0.2, 0.25) is 5.02 Å². The Bertz CT molecular complexity index is 1370. The Hall–Kier alpha value is -2.94. The fourth-order valence-electron chi connectivity index (χ4n) is 3.80. The lowest BCUT2D eigenvalue weighted by molar-refractivity contribution is -0.233. The third kappa shape index (κ3) is 6.45. The van der Waals surface area contributed by atoms with E-state index in [0.717, 1.165) is 10.9 Å². The molecule has 3 heterocycles. The van der Waals surface area contributed by atoms with E-state index in [0.29, 0.717) is 23.9 Å². The lowest BCUT2D eigenvalue weighted by atomic mass is 9.97. The molecule has 208 valence electrons. The van der Waals surface area contributed by atoms with Crippen molar-refractivity contribution in [3.8, 4) is 17.3 Å². The second kappa shape index (κ2) is 11.7. The van der Waals surface area contributed by atoms with E-state index in [1.54, 1.807) is 0 Å². The number of halogens is 7. The molecule has 1 aliphatic heterocycles. The van der Waals surface area contributed by atoms with Gasteiger partial charge in [-0.2, -0.15) is 18.4 Å². The fourth-order valence-corrected chi connectivity index (χ4v) is 5.25. The molecule has 1 saturated heterocycles. The summed E-state index contributed by atoms with van der Waals surface area (Å²) >= 11 is 6.67. The molecule has 9 nitrogen and oxygen atoms in total. The molecule has 0 bridgehead atoms. The third-order valence-electron chi connectivity index (χ3n) is 5.53. The van der Waals surface area contributed by atoms with Crippen molar-refractivity contribution in [2.24, 2.45) is 0 Å². The molecule has 39 heavy (non-hydrogen) atoms. The zero-order valence-corrected chi connectivity index (χ0v) is 20.8. The van der Waals surface area contributed by atoms with E-state index in [1.165, 1.54) is 12.3 Å². The van der Waals surface area contributed by atoms with E-state index >= 15 is 0 Å². The first kappa shape index (κ1) is 29.1. The summed E-state index contributed by atoms with van der Waals surface area (Å²) < 4.78 is 92.0. The molecule has 1 aromatic carbocycles. The van der Waals surface area contributed by atoms with Gasteiger partial charge in [-0.25, -0.2) is 22.8 Å². The quantitative estimate of drug-likeness (QED) is 0.311. The van der Waals surface area contributed by atoms with Crippen LogP contribution in [-0.2, 0) is 9.47 Å². The summed E-state index contributed by atoms with van der Waals surface area (Å²) in [6.07, 6.45) is -7.29. The van der Waals surface area contributed by atoms with E-state index in [-0.39, 0.29) is 26.9 Å². The zero-order valence-electron chi connectivity index (χ0n) is 19.2. The molecule has 2 N–H and O–H groups in total. The van der Waals surface area contributed by atoms with Crippen LogP contribution in [0.3, 0.4) is 0 Å². The highest BCUT2D eigenvalue weighted by Crippen LogP contribution is 2.41. The minimum absolute atomic E-state index is 0.107. The first-order chi connectivity index (χ1) is 18.4. The lowest BCUT2D eigenvalue weighted by Crippen LogP contribution is -2.56. The Morgan fingerprint density at radius 3 is 2.51 bits per heavy atom. The minimum Gasteiger partial charge on any atom is -0.394 e. The van der Waals surface area contributed by atoms with Crippen molar-refractivity contribution >= 4 is 23.4 Å². The van der Waals surface area contributed by atoms with Gasteiger partial charge in [0.2, 0.25) is 0 Å². The maximum absolute atomic E-state index is 13.7.